The minimum absolute atomic E-state index is 0.0111. The van der Waals surface area contributed by atoms with Crippen LogP contribution in [0.25, 0.3) is 0 Å². The predicted octanol–water partition coefficient (Wildman–Crippen LogP) is 8.13. The molecule has 2 aliphatic rings. The topological polar surface area (TPSA) is 68.7 Å². The second-order valence-corrected chi connectivity index (χ2v) is 15.3. The standard InChI is InChI=1S/C34H38Cl2N2O4S/c1-33(2,3)43-20-28(21-9-10-21)38-29(22-11-14-25(35)15-12-22)30(23-7-6-8-26(36)17-23)42-34(4,32(38)40)18-27-16-13-24(19-37-27)31(39)41-5/h6-8,11-17,19,21,28-30H,9-10,18,20H2,1-5H3/t28-,29?,30-,34+/m1/s1. The van der Waals surface area contributed by atoms with Crippen molar-refractivity contribution in [1.29, 1.82) is 0 Å². The number of amides is 1. The van der Waals surface area contributed by atoms with Crippen molar-refractivity contribution in [2.75, 3.05) is 12.9 Å². The number of hydrogen-bond acceptors (Lipinski definition) is 6. The molecule has 2 aromatic carbocycles. The number of methoxy groups -OCH3 is 1. The van der Waals surface area contributed by atoms with Gasteiger partial charge in [0.25, 0.3) is 5.91 Å². The Labute approximate surface area is 268 Å². The first-order valence-electron chi connectivity index (χ1n) is 14.6. The van der Waals surface area contributed by atoms with E-state index in [4.69, 9.17) is 32.7 Å². The van der Waals surface area contributed by atoms with Crippen molar-refractivity contribution in [1.82, 2.24) is 9.88 Å². The largest absolute Gasteiger partial charge is 0.465 e. The van der Waals surface area contributed by atoms with Crippen molar-refractivity contribution in [3.8, 4) is 0 Å². The van der Waals surface area contributed by atoms with Crippen LogP contribution >= 0.6 is 35.0 Å². The molecule has 2 fully saturated rings. The Balaban J connectivity index is 1.62. The molecule has 43 heavy (non-hydrogen) atoms. The predicted molar refractivity (Wildman–Crippen MR) is 173 cm³/mol. The van der Waals surface area contributed by atoms with Crippen LogP contribution in [0.5, 0.6) is 0 Å². The molecule has 1 aliphatic heterocycles. The summed E-state index contributed by atoms with van der Waals surface area (Å²) in [5, 5.41) is 1.23. The second kappa shape index (κ2) is 12.8. The van der Waals surface area contributed by atoms with Crippen molar-refractivity contribution in [3.63, 3.8) is 0 Å². The lowest BCUT2D eigenvalue weighted by Gasteiger charge is -2.52. The summed E-state index contributed by atoms with van der Waals surface area (Å²) in [6.45, 7) is 8.49. The van der Waals surface area contributed by atoms with Crippen LogP contribution in [0.4, 0.5) is 0 Å². The number of ether oxygens (including phenoxy) is 2. The molecule has 4 atom stereocenters. The van der Waals surface area contributed by atoms with Gasteiger partial charge in [0.2, 0.25) is 0 Å². The first-order chi connectivity index (χ1) is 20.4. The molecule has 1 amide bonds. The molecule has 0 radical (unpaired) electrons. The molecule has 5 rings (SSSR count). The number of aromatic nitrogens is 1. The smallest absolute Gasteiger partial charge is 0.339 e. The Morgan fingerprint density at radius 3 is 2.40 bits per heavy atom. The van der Waals surface area contributed by atoms with Gasteiger partial charge in [-0.15, -0.1) is 0 Å². The number of halogens is 2. The molecule has 6 nitrogen and oxygen atoms in total. The number of pyridine rings is 1. The Morgan fingerprint density at radius 2 is 1.81 bits per heavy atom. The van der Waals surface area contributed by atoms with Crippen LogP contribution in [-0.2, 0) is 20.7 Å². The zero-order chi connectivity index (χ0) is 30.9. The van der Waals surface area contributed by atoms with Crippen LogP contribution in [0.2, 0.25) is 10.0 Å². The summed E-state index contributed by atoms with van der Waals surface area (Å²) in [5.74, 6) is 0.690. The molecule has 1 saturated heterocycles. The van der Waals surface area contributed by atoms with Crippen molar-refractivity contribution in [2.45, 2.75) is 75.5 Å². The van der Waals surface area contributed by atoms with Crippen LogP contribution in [0.3, 0.4) is 0 Å². The number of carbonyl (C=O) groups excluding carboxylic acids is 2. The maximum atomic E-state index is 14.9. The van der Waals surface area contributed by atoms with E-state index in [1.54, 1.807) is 12.1 Å². The van der Waals surface area contributed by atoms with Gasteiger partial charge in [0.15, 0.2) is 5.60 Å². The van der Waals surface area contributed by atoms with Gasteiger partial charge in [-0.3, -0.25) is 9.78 Å². The molecule has 1 saturated carbocycles. The van der Waals surface area contributed by atoms with Crippen LogP contribution in [-0.4, -0.2) is 51.0 Å². The maximum Gasteiger partial charge on any atom is 0.339 e. The fourth-order valence-corrected chi connectivity index (χ4v) is 7.15. The highest BCUT2D eigenvalue weighted by atomic mass is 35.5. The fourth-order valence-electron chi connectivity index (χ4n) is 5.72. The third-order valence-corrected chi connectivity index (χ3v) is 9.89. The molecule has 9 heteroatoms. The molecule has 0 spiro atoms. The number of hydrogen-bond donors (Lipinski definition) is 0. The maximum absolute atomic E-state index is 14.9. The summed E-state index contributed by atoms with van der Waals surface area (Å²) in [5.41, 5.74) is 1.61. The summed E-state index contributed by atoms with van der Waals surface area (Å²) in [6, 6.07) is 18.4. The van der Waals surface area contributed by atoms with E-state index in [9.17, 15) is 9.59 Å². The lowest BCUT2D eigenvalue weighted by atomic mass is 9.85. The molecule has 0 N–H and O–H groups in total. The Bertz CT molecular complexity index is 1460. The van der Waals surface area contributed by atoms with E-state index < -0.39 is 23.7 Å². The van der Waals surface area contributed by atoms with Gasteiger partial charge >= 0.3 is 5.97 Å². The van der Waals surface area contributed by atoms with Gasteiger partial charge in [0.1, 0.15) is 6.10 Å². The number of esters is 1. The lowest BCUT2D eigenvalue weighted by molar-refractivity contribution is -0.202. The average molecular weight is 642 g/mol. The molecule has 0 bridgehead atoms. The van der Waals surface area contributed by atoms with E-state index in [0.717, 1.165) is 29.7 Å². The summed E-state index contributed by atoms with van der Waals surface area (Å²) in [7, 11) is 1.34. The molecule has 228 valence electrons. The summed E-state index contributed by atoms with van der Waals surface area (Å²) in [6.07, 6.45) is 3.38. The number of morpholine rings is 1. The highest BCUT2D eigenvalue weighted by molar-refractivity contribution is 8.00. The van der Waals surface area contributed by atoms with Crippen molar-refractivity contribution < 1.29 is 19.1 Å². The van der Waals surface area contributed by atoms with Gasteiger partial charge in [-0.05, 0) is 73.2 Å². The van der Waals surface area contributed by atoms with Crippen molar-refractivity contribution in [2.24, 2.45) is 5.92 Å². The van der Waals surface area contributed by atoms with E-state index in [1.807, 2.05) is 67.2 Å². The van der Waals surface area contributed by atoms with Crippen LogP contribution < -0.4 is 0 Å². The summed E-state index contributed by atoms with van der Waals surface area (Å²) in [4.78, 5) is 33.5. The van der Waals surface area contributed by atoms with Gasteiger partial charge in [0.05, 0.1) is 18.7 Å². The number of nitrogens with zero attached hydrogens (tertiary/aromatic N) is 2. The highest BCUT2D eigenvalue weighted by Gasteiger charge is 2.55. The van der Waals surface area contributed by atoms with Crippen molar-refractivity contribution >= 4 is 46.8 Å². The van der Waals surface area contributed by atoms with E-state index >= 15 is 0 Å². The second-order valence-electron chi connectivity index (χ2n) is 12.6. The van der Waals surface area contributed by atoms with E-state index in [-0.39, 0.29) is 23.1 Å². The van der Waals surface area contributed by atoms with E-state index in [2.05, 4.69) is 30.7 Å². The van der Waals surface area contributed by atoms with Gasteiger partial charge in [-0.1, -0.05) is 68.2 Å². The van der Waals surface area contributed by atoms with Gasteiger partial charge < -0.3 is 14.4 Å². The van der Waals surface area contributed by atoms with Gasteiger partial charge in [-0.25, -0.2) is 4.79 Å². The Morgan fingerprint density at radius 1 is 1.09 bits per heavy atom. The molecule has 1 aromatic heterocycles. The average Bonchev–Trinajstić information content (AvgIpc) is 3.81. The zero-order valence-electron chi connectivity index (χ0n) is 25.2. The summed E-state index contributed by atoms with van der Waals surface area (Å²) < 4.78 is 11.8. The van der Waals surface area contributed by atoms with Crippen LogP contribution in [0, 0.1) is 5.92 Å². The van der Waals surface area contributed by atoms with E-state index in [0.29, 0.717) is 27.2 Å². The zero-order valence-corrected chi connectivity index (χ0v) is 27.5. The highest BCUT2D eigenvalue weighted by Crippen LogP contribution is 2.51. The minimum Gasteiger partial charge on any atom is -0.465 e. The lowest BCUT2D eigenvalue weighted by Crippen LogP contribution is -2.62. The number of benzene rings is 2. The molecule has 3 aromatic rings. The molecule has 2 heterocycles. The van der Waals surface area contributed by atoms with Gasteiger partial charge in [-0.2, -0.15) is 11.8 Å². The molecule has 1 unspecified atom stereocenters. The molecular weight excluding hydrogens is 603 g/mol. The quantitative estimate of drug-likeness (QED) is 0.220. The van der Waals surface area contributed by atoms with Crippen LogP contribution in [0.15, 0.2) is 66.9 Å². The Kier molecular flexibility index (Phi) is 9.48. The number of carbonyl (C=O) groups is 2. The summed E-state index contributed by atoms with van der Waals surface area (Å²) >= 11 is 14.7. The monoisotopic (exact) mass is 640 g/mol. The number of rotatable bonds is 9. The number of thioether (sulfide) groups is 1. The Hall–Kier alpha value is -2.58. The van der Waals surface area contributed by atoms with E-state index in [1.165, 1.54) is 13.3 Å². The molecular formula is C34H38Cl2N2O4S. The third kappa shape index (κ3) is 7.39. The van der Waals surface area contributed by atoms with Gasteiger partial charge in [0, 0.05) is 44.9 Å². The first kappa shape index (κ1) is 31.8. The van der Waals surface area contributed by atoms with Crippen molar-refractivity contribution in [3.05, 3.63) is 99.3 Å². The third-order valence-electron chi connectivity index (χ3n) is 8.02. The SMILES string of the molecule is COC(=O)c1ccc(C[C@]2(C)O[C@H](c3cccc(Cl)c3)C(c3ccc(Cl)cc3)N([C@H](CSC(C)(C)C)C3CC3)C2=O)nc1. The first-order valence-corrected chi connectivity index (χ1v) is 16.3. The van der Waals surface area contributed by atoms with Crippen LogP contribution in [0.1, 0.15) is 79.9 Å². The molecule has 1 aliphatic carbocycles. The minimum atomic E-state index is -1.23. The fraction of sp³-hybridized carbons (Fsp3) is 0.441. The normalized spacial score (nSPS) is 23.2.